The molecular weight excluding hydrogens is 410 g/mol. The molecule has 0 saturated heterocycles. The van der Waals surface area contributed by atoms with Crippen LogP contribution in [0.4, 0.5) is 5.69 Å². The average molecular weight is 427 g/mol. The van der Waals surface area contributed by atoms with Gasteiger partial charge in [0.1, 0.15) is 11.4 Å². The van der Waals surface area contributed by atoms with Gasteiger partial charge in [-0.1, -0.05) is 18.2 Å². The predicted molar refractivity (Wildman–Crippen MR) is 107 cm³/mol. The summed E-state index contributed by atoms with van der Waals surface area (Å²) in [5.74, 6) is -1.03. The Labute approximate surface area is 172 Å². The highest BCUT2D eigenvalue weighted by Crippen LogP contribution is 2.26. The zero-order valence-electron chi connectivity index (χ0n) is 15.7. The molecule has 154 valence electrons. The average Bonchev–Trinajstić information content (AvgIpc) is 2.78. The zero-order chi connectivity index (χ0) is 21.6. The number of methoxy groups -OCH3 is 1. The molecule has 2 aromatic carbocycles. The number of nitrogens with one attached hydrogen (secondary N) is 3. The minimum Gasteiger partial charge on any atom is -0.495 e. The third-order valence-corrected chi connectivity index (χ3v) is 5.21. The Kier molecular flexibility index (Phi) is 6.23. The molecule has 0 unspecified atom stereocenters. The molecule has 1 heterocycles. The van der Waals surface area contributed by atoms with Crippen LogP contribution in [0.1, 0.15) is 20.8 Å². The number of anilines is 1. The van der Waals surface area contributed by atoms with E-state index in [1.54, 1.807) is 24.3 Å². The van der Waals surface area contributed by atoms with Crippen molar-refractivity contribution in [2.24, 2.45) is 0 Å². The molecule has 0 saturated carbocycles. The first-order valence-electron chi connectivity index (χ1n) is 8.53. The molecule has 0 fully saturated rings. The van der Waals surface area contributed by atoms with Crippen LogP contribution >= 0.6 is 0 Å². The summed E-state index contributed by atoms with van der Waals surface area (Å²) in [5.41, 5.74) is 4.68. The summed E-state index contributed by atoms with van der Waals surface area (Å²) in [5, 5.41) is 0. The van der Waals surface area contributed by atoms with E-state index < -0.39 is 21.8 Å². The standard InChI is InChI=1S/C19H17N5O5S/c1-29-17-8-3-2-7-15(17)24-30(27,28)14-6-4-5-13(11-14)18(25)22-23-19(26)16-12-20-9-10-21-16/h2-12,24H,1H3,(H,22,25)(H,23,26). The Hall–Kier alpha value is -3.99. The van der Waals surface area contributed by atoms with Gasteiger partial charge < -0.3 is 4.74 Å². The lowest BCUT2D eigenvalue weighted by Gasteiger charge is -2.12. The number of nitrogens with zero attached hydrogens (tertiary/aromatic N) is 2. The van der Waals surface area contributed by atoms with Gasteiger partial charge in [0.25, 0.3) is 21.8 Å². The van der Waals surface area contributed by atoms with Crippen molar-refractivity contribution in [1.82, 2.24) is 20.8 Å². The van der Waals surface area contributed by atoms with E-state index in [0.29, 0.717) is 5.75 Å². The maximum atomic E-state index is 12.7. The first kappa shape index (κ1) is 20.7. The fraction of sp³-hybridized carbons (Fsp3) is 0.0526. The van der Waals surface area contributed by atoms with E-state index in [2.05, 4.69) is 25.5 Å². The van der Waals surface area contributed by atoms with E-state index in [0.717, 1.165) is 0 Å². The monoisotopic (exact) mass is 427 g/mol. The molecule has 3 N–H and O–H groups in total. The Balaban J connectivity index is 1.73. The van der Waals surface area contributed by atoms with Crippen LogP contribution in [0.15, 0.2) is 72.0 Å². The summed E-state index contributed by atoms with van der Waals surface area (Å²) in [4.78, 5) is 31.7. The van der Waals surface area contributed by atoms with Gasteiger partial charge >= 0.3 is 0 Å². The summed E-state index contributed by atoms with van der Waals surface area (Å²) in [7, 11) is -2.57. The molecule has 0 aliphatic rings. The summed E-state index contributed by atoms with van der Waals surface area (Å²) in [6.07, 6.45) is 3.97. The predicted octanol–water partition coefficient (Wildman–Crippen LogP) is 1.36. The van der Waals surface area contributed by atoms with Crippen molar-refractivity contribution >= 4 is 27.5 Å². The largest absolute Gasteiger partial charge is 0.495 e. The van der Waals surface area contributed by atoms with Crippen LogP contribution in [0.5, 0.6) is 5.75 Å². The summed E-state index contributed by atoms with van der Waals surface area (Å²) >= 11 is 0. The zero-order valence-corrected chi connectivity index (χ0v) is 16.5. The molecule has 2 amide bonds. The number of para-hydroxylation sites is 2. The maximum Gasteiger partial charge on any atom is 0.289 e. The van der Waals surface area contributed by atoms with Gasteiger partial charge in [-0.3, -0.25) is 30.1 Å². The lowest BCUT2D eigenvalue weighted by molar-refractivity contribution is 0.0843. The second-order valence-electron chi connectivity index (χ2n) is 5.83. The number of hydrogen-bond donors (Lipinski definition) is 3. The molecule has 0 atom stereocenters. The Morgan fingerprint density at radius 2 is 1.73 bits per heavy atom. The van der Waals surface area contributed by atoms with Crippen LogP contribution in [0, 0.1) is 0 Å². The Morgan fingerprint density at radius 3 is 2.47 bits per heavy atom. The lowest BCUT2D eigenvalue weighted by atomic mass is 10.2. The second kappa shape index (κ2) is 9.01. The van der Waals surface area contributed by atoms with Crippen LogP contribution in [-0.2, 0) is 10.0 Å². The quantitative estimate of drug-likeness (QED) is 0.505. The van der Waals surface area contributed by atoms with E-state index in [4.69, 9.17) is 4.74 Å². The van der Waals surface area contributed by atoms with Crippen LogP contribution in [0.25, 0.3) is 0 Å². The van der Waals surface area contributed by atoms with Crippen LogP contribution in [0.2, 0.25) is 0 Å². The van der Waals surface area contributed by atoms with Crippen LogP contribution < -0.4 is 20.3 Å². The van der Waals surface area contributed by atoms with Gasteiger partial charge in [0.05, 0.1) is 23.9 Å². The number of hydrogen-bond acceptors (Lipinski definition) is 7. The van der Waals surface area contributed by atoms with E-state index in [-0.39, 0.29) is 21.8 Å². The molecule has 3 rings (SSSR count). The fourth-order valence-corrected chi connectivity index (χ4v) is 3.52. The number of benzene rings is 2. The van der Waals surface area contributed by atoms with Gasteiger partial charge in [-0.05, 0) is 30.3 Å². The van der Waals surface area contributed by atoms with E-state index in [1.807, 2.05) is 0 Å². The van der Waals surface area contributed by atoms with Crippen molar-refractivity contribution in [3.05, 3.63) is 78.4 Å². The number of rotatable bonds is 6. The van der Waals surface area contributed by atoms with Crippen molar-refractivity contribution < 1.29 is 22.7 Å². The van der Waals surface area contributed by atoms with E-state index in [1.165, 1.54) is 50.0 Å². The van der Waals surface area contributed by atoms with Crippen LogP contribution in [0.3, 0.4) is 0 Å². The maximum absolute atomic E-state index is 12.7. The van der Waals surface area contributed by atoms with Gasteiger partial charge in [0, 0.05) is 18.0 Å². The molecule has 11 heteroatoms. The number of sulfonamides is 1. The number of carbonyl (C=O) groups excluding carboxylic acids is 2. The normalized spacial score (nSPS) is 10.7. The summed E-state index contributed by atoms with van der Waals surface area (Å²) < 4.78 is 33.0. The first-order chi connectivity index (χ1) is 14.4. The molecule has 0 aliphatic carbocycles. The van der Waals surface area contributed by atoms with Crippen molar-refractivity contribution in [1.29, 1.82) is 0 Å². The Morgan fingerprint density at radius 1 is 0.967 bits per heavy atom. The molecule has 0 radical (unpaired) electrons. The summed E-state index contributed by atoms with van der Waals surface area (Å²) in [6, 6.07) is 11.9. The molecule has 1 aromatic heterocycles. The molecule has 3 aromatic rings. The van der Waals surface area contributed by atoms with E-state index in [9.17, 15) is 18.0 Å². The highest BCUT2D eigenvalue weighted by molar-refractivity contribution is 7.92. The summed E-state index contributed by atoms with van der Waals surface area (Å²) in [6.45, 7) is 0. The van der Waals surface area contributed by atoms with E-state index >= 15 is 0 Å². The molecule has 10 nitrogen and oxygen atoms in total. The number of aromatic nitrogens is 2. The first-order valence-corrected chi connectivity index (χ1v) is 10.0. The molecule has 0 aliphatic heterocycles. The SMILES string of the molecule is COc1ccccc1NS(=O)(=O)c1cccc(C(=O)NNC(=O)c2cnccn2)c1. The number of ether oxygens (including phenoxy) is 1. The molecule has 0 spiro atoms. The van der Waals surface area contributed by atoms with Crippen molar-refractivity contribution in [2.75, 3.05) is 11.8 Å². The van der Waals surface area contributed by atoms with Gasteiger partial charge in [-0.2, -0.15) is 0 Å². The van der Waals surface area contributed by atoms with Crippen molar-refractivity contribution in [3.8, 4) is 5.75 Å². The highest BCUT2D eigenvalue weighted by Gasteiger charge is 2.18. The van der Waals surface area contributed by atoms with Gasteiger partial charge in [-0.15, -0.1) is 0 Å². The highest BCUT2D eigenvalue weighted by atomic mass is 32.2. The smallest absolute Gasteiger partial charge is 0.289 e. The molecule has 30 heavy (non-hydrogen) atoms. The number of amides is 2. The second-order valence-corrected chi connectivity index (χ2v) is 7.51. The number of carbonyl (C=O) groups is 2. The fourth-order valence-electron chi connectivity index (χ4n) is 2.40. The third kappa shape index (κ3) is 4.89. The minimum atomic E-state index is -3.99. The van der Waals surface area contributed by atoms with Crippen molar-refractivity contribution in [3.63, 3.8) is 0 Å². The van der Waals surface area contributed by atoms with Gasteiger partial charge in [0.2, 0.25) is 0 Å². The minimum absolute atomic E-state index is 0.00939. The van der Waals surface area contributed by atoms with Gasteiger partial charge in [0.15, 0.2) is 0 Å². The topological polar surface area (TPSA) is 139 Å². The Bertz CT molecular complexity index is 1170. The third-order valence-electron chi connectivity index (χ3n) is 3.84. The van der Waals surface area contributed by atoms with Crippen LogP contribution in [-0.4, -0.2) is 37.3 Å². The molecular formula is C19H17N5O5S. The number of hydrazine groups is 1. The van der Waals surface area contributed by atoms with Gasteiger partial charge in [-0.25, -0.2) is 13.4 Å². The van der Waals surface area contributed by atoms with Crippen molar-refractivity contribution in [2.45, 2.75) is 4.90 Å². The molecule has 0 bridgehead atoms. The lowest BCUT2D eigenvalue weighted by Crippen LogP contribution is -2.42.